The monoisotopic (exact) mass is 307 g/mol. The van der Waals surface area contributed by atoms with E-state index in [-0.39, 0.29) is 0 Å². The Hall–Kier alpha value is -2.49. The first-order chi connectivity index (χ1) is 11.3. The highest BCUT2D eigenvalue weighted by Gasteiger charge is 2.29. The van der Waals surface area contributed by atoms with Crippen molar-refractivity contribution in [3.63, 3.8) is 0 Å². The van der Waals surface area contributed by atoms with E-state index in [9.17, 15) is 0 Å². The molecule has 1 aromatic heterocycles. The number of ether oxygens (including phenoxy) is 1. The van der Waals surface area contributed by atoms with Crippen molar-refractivity contribution in [2.24, 2.45) is 7.05 Å². The smallest absolute Gasteiger partial charge is 0.206 e. The zero-order chi connectivity index (χ0) is 15.8. The number of anilines is 1. The fraction of sp³-hybridized carbons (Fsp3) is 0.316. The van der Waals surface area contributed by atoms with Gasteiger partial charge in [0.1, 0.15) is 5.75 Å². The molecule has 4 rings (SSSR count). The molecule has 1 atom stereocenters. The van der Waals surface area contributed by atoms with Gasteiger partial charge >= 0.3 is 0 Å². The van der Waals surface area contributed by atoms with Gasteiger partial charge in [0.2, 0.25) is 5.95 Å². The Kier molecular flexibility index (Phi) is 3.45. The molecule has 4 heteroatoms. The highest BCUT2D eigenvalue weighted by Crippen LogP contribution is 2.37. The van der Waals surface area contributed by atoms with Gasteiger partial charge in [-0.1, -0.05) is 24.3 Å². The summed E-state index contributed by atoms with van der Waals surface area (Å²) >= 11 is 0. The van der Waals surface area contributed by atoms with Crippen molar-refractivity contribution >= 4 is 17.0 Å². The Balaban J connectivity index is 1.72. The molecule has 1 unspecified atom stereocenters. The summed E-state index contributed by atoms with van der Waals surface area (Å²) in [6.45, 7) is 1.05. The SMILES string of the molecule is COc1ccc(C2CCCN2c2nc3ccccc3n2C)cc1. The summed E-state index contributed by atoms with van der Waals surface area (Å²) < 4.78 is 7.48. The van der Waals surface area contributed by atoms with E-state index in [0.29, 0.717) is 6.04 Å². The second-order valence-corrected chi connectivity index (χ2v) is 6.08. The first-order valence-corrected chi connectivity index (χ1v) is 8.10. The van der Waals surface area contributed by atoms with Crippen LogP contribution in [0.4, 0.5) is 5.95 Å². The van der Waals surface area contributed by atoms with E-state index in [1.807, 2.05) is 18.2 Å². The molecule has 4 nitrogen and oxygen atoms in total. The number of aryl methyl sites for hydroxylation is 1. The summed E-state index contributed by atoms with van der Waals surface area (Å²) in [5.41, 5.74) is 3.57. The van der Waals surface area contributed by atoms with Crippen LogP contribution in [0.5, 0.6) is 5.75 Å². The van der Waals surface area contributed by atoms with Gasteiger partial charge in [-0.05, 0) is 42.7 Å². The molecule has 1 aliphatic rings. The van der Waals surface area contributed by atoms with Crippen molar-refractivity contribution in [1.82, 2.24) is 9.55 Å². The Morgan fingerprint density at radius 2 is 1.87 bits per heavy atom. The number of rotatable bonds is 3. The number of para-hydroxylation sites is 2. The van der Waals surface area contributed by atoms with Crippen LogP contribution in [-0.2, 0) is 7.05 Å². The zero-order valence-electron chi connectivity index (χ0n) is 13.6. The number of aromatic nitrogens is 2. The fourth-order valence-electron chi connectivity index (χ4n) is 3.57. The topological polar surface area (TPSA) is 30.3 Å². The Morgan fingerprint density at radius 1 is 1.09 bits per heavy atom. The molecule has 2 aromatic carbocycles. The standard InChI is InChI=1S/C19H21N3O/c1-21-18-7-4-3-6-16(18)20-19(21)22-13-5-8-17(22)14-9-11-15(23-2)12-10-14/h3-4,6-7,9-12,17H,5,8,13H2,1-2H3. The average Bonchev–Trinajstić information content (AvgIpc) is 3.20. The summed E-state index contributed by atoms with van der Waals surface area (Å²) in [6, 6.07) is 17.1. The van der Waals surface area contributed by atoms with Crippen LogP contribution in [0, 0.1) is 0 Å². The van der Waals surface area contributed by atoms with Gasteiger partial charge < -0.3 is 14.2 Å². The number of methoxy groups -OCH3 is 1. The second kappa shape index (κ2) is 5.61. The molecular weight excluding hydrogens is 286 g/mol. The van der Waals surface area contributed by atoms with E-state index in [1.54, 1.807) is 7.11 Å². The predicted molar refractivity (Wildman–Crippen MR) is 93.0 cm³/mol. The highest BCUT2D eigenvalue weighted by molar-refractivity contribution is 5.78. The lowest BCUT2D eigenvalue weighted by molar-refractivity contribution is 0.414. The van der Waals surface area contributed by atoms with Crippen molar-refractivity contribution in [3.8, 4) is 5.75 Å². The van der Waals surface area contributed by atoms with Crippen molar-refractivity contribution in [1.29, 1.82) is 0 Å². The van der Waals surface area contributed by atoms with Gasteiger partial charge in [0.15, 0.2) is 0 Å². The molecule has 0 aliphatic carbocycles. The largest absolute Gasteiger partial charge is 0.497 e. The van der Waals surface area contributed by atoms with Gasteiger partial charge in [-0.15, -0.1) is 0 Å². The van der Waals surface area contributed by atoms with Crippen LogP contribution in [0.25, 0.3) is 11.0 Å². The number of nitrogens with zero attached hydrogens (tertiary/aromatic N) is 3. The van der Waals surface area contributed by atoms with Gasteiger partial charge in [-0.25, -0.2) is 4.98 Å². The minimum absolute atomic E-state index is 0.386. The summed E-state index contributed by atoms with van der Waals surface area (Å²) in [5.74, 6) is 1.96. The van der Waals surface area contributed by atoms with E-state index >= 15 is 0 Å². The lowest BCUT2D eigenvalue weighted by atomic mass is 10.0. The summed E-state index contributed by atoms with van der Waals surface area (Å²) in [4.78, 5) is 7.30. The van der Waals surface area contributed by atoms with Crippen LogP contribution >= 0.6 is 0 Å². The molecule has 23 heavy (non-hydrogen) atoms. The van der Waals surface area contributed by atoms with Crippen molar-refractivity contribution in [2.45, 2.75) is 18.9 Å². The maximum Gasteiger partial charge on any atom is 0.206 e. The van der Waals surface area contributed by atoms with Gasteiger partial charge in [0.25, 0.3) is 0 Å². The molecule has 0 N–H and O–H groups in total. The minimum atomic E-state index is 0.386. The number of benzene rings is 2. The molecule has 1 aliphatic heterocycles. The zero-order valence-corrected chi connectivity index (χ0v) is 13.6. The molecule has 1 fully saturated rings. The predicted octanol–water partition coefficient (Wildman–Crippen LogP) is 3.92. The van der Waals surface area contributed by atoms with Crippen molar-refractivity contribution < 1.29 is 4.74 Å². The average molecular weight is 307 g/mol. The van der Waals surface area contributed by atoms with Gasteiger partial charge in [0.05, 0.1) is 24.2 Å². The van der Waals surface area contributed by atoms with E-state index < -0.39 is 0 Å². The third-order valence-corrected chi connectivity index (χ3v) is 4.77. The molecule has 0 bridgehead atoms. The van der Waals surface area contributed by atoms with Crippen LogP contribution < -0.4 is 9.64 Å². The Morgan fingerprint density at radius 3 is 2.61 bits per heavy atom. The van der Waals surface area contributed by atoms with Crippen LogP contribution in [0.1, 0.15) is 24.4 Å². The normalized spacial score (nSPS) is 17.8. The van der Waals surface area contributed by atoms with Crippen LogP contribution in [0.15, 0.2) is 48.5 Å². The van der Waals surface area contributed by atoms with Gasteiger partial charge in [-0.3, -0.25) is 0 Å². The van der Waals surface area contributed by atoms with Crippen LogP contribution in [0.3, 0.4) is 0 Å². The van der Waals surface area contributed by atoms with E-state index in [0.717, 1.165) is 30.2 Å². The first-order valence-electron chi connectivity index (χ1n) is 8.10. The van der Waals surface area contributed by atoms with E-state index in [2.05, 4.69) is 46.8 Å². The summed E-state index contributed by atoms with van der Waals surface area (Å²) in [6.07, 6.45) is 2.36. The maximum atomic E-state index is 5.27. The highest BCUT2D eigenvalue weighted by atomic mass is 16.5. The Labute approximate surface area is 136 Å². The van der Waals surface area contributed by atoms with Gasteiger partial charge in [0, 0.05) is 13.6 Å². The maximum absolute atomic E-state index is 5.27. The molecule has 2 heterocycles. The number of hydrogen-bond acceptors (Lipinski definition) is 3. The van der Waals surface area contributed by atoms with E-state index in [4.69, 9.17) is 9.72 Å². The van der Waals surface area contributed by atoms with Crippen molar-refractivity contribution in [2.75, 3.05) is 18.6 Å². The molecule has 1 saturated heterocycles. The molecule has 0 saturated carbocycles. The second-order valence-electron chi connectivity index (χ2n) is 6.08. The molecule has 118 valence electrons. The third kappa shape index (κ3) is 2.34. The molecule has 0 spiro atoms. The number of hydrogen-bond donors (Lipinski definition) is 0. The first kappa shape index (κ1) is 14.1. The fourth-order valence-corrected chi connectivity index (χ4v) is 3.57. The minimum Gasteiger partial charge on any atom is -0.497 e. The third-order valence-electron chi connectivity index (χ3n) is 4.77. The lowest BCUT2D eigenvalue weighted by Gasteiger charge is -2.26. The van der Waals surface area contributed by atoms with Crippen LogP contribution in [-0.4, -0.2) is 23.2 Å². The summed E-state index contributed by atoms with van der Waals surface area (Å²) in [7, 11) is 3.81. The lowest BCUT2D eigenvalue weighted by Crippen LogP contribution is -2.25. The molecule has 3 aromatic rings. The number of imidazole rings is 1. The molecule has 0 amide bonds. The number of fused-ring (bicyclic) bond motifs is 1. The molecule has 0 radical (unpaired) electrons. The van der Waals surface area contributed by atoms with E-state index in [1.165, 1.54) is 17.5 Å². The van der Waals surface area contributed by atoms with Crippen molar-refractivity contribution in [3.05, 3.63) is 54.1 Å². The summed E-state index contributed by atoms with van der Waals surface area (Å²) in [5, 5.41) is 0. The Bertz CT molecular complexity index is 822. The molecular formula is C19H21N3O. The van der Waals surface area contributed by atoms with Gasteiger partial charge in [-0.2, -0.15) is 0 Å². The quantitative estimate of drug-likeness (QED) is 0.734. The van der Waals surface area contributed by atoms with Crippen LogP contribution in [0.2, 0.25) is 0 Å².